The zero-order valence-corrected chi connectivity index (χ0v) is 84.9. The number of methoxy groups -OCH3 is 2. The molecule has 30 heteroatoms. The van der Waals surface area contributed by atoms with Crippen molar-refractivity contribution in [1.29, 1.82) is 0 Å². The third-order valence-corrected chi connectivity index (χ3v) is 20.0. The highest BCUT2D eigenvalue weighted by molar-refractivity contribution is 7.92. The van der Waals surface area contributed by atoms with Gasteiger partial charge >= 0.3 is 24.1 Å². The van der Waals surface area contributed by atoms with Crippen LogP contribution in [0.1, 0.15) is 186 Å². The Kier molecular flexibility index (Phi) is 62.6. The molecule has 12 N–H and O–H groups in total. The summed E-state index contributed by atoms with van der Waals surface area (Å²) < 4.78 is 51.7. The molecule has 0 radical (unpaired) electrons. The normalized spacial score (nSPS) is 10.8. The van der Waals surface area contributed by atoms with Gasteiger partial charge < -0.3 is 72.7 Å². The Morgan fingerprint density at radius 1 is 0.454 bits per heavy atom. The number of hydrogen-bond donors (Lipinski definition) is 12. The van der Waals surface area contributed by atoms with Crippen molar-refractivity contribution >= 4 is 122 Å². The van der Waals surface area contributed by atoms with E-state index >= 15 is 0 Å². The largest absolute Gasteiger partial charge is 0.465 e. The van der Waals surface area contributed by atoms with Crippen molar-refractivity contribution in [2.45, 2.75) is 134 Å². The minimum absolute atomic E-state index is 0.0592. The van der Waals surface area contributed by atoms with Crippen molar-refractivity contribution in [3.05, 3.63) is 280 Å². The summed E-state index contributed by atoms with van der Waals surface area (Å²) in [6.07, 6.45) is 8.41. The first-order valence-corrected chi connectivity index (χ1v) is 47.6. The lowest BCUT2D eigenvalue weighted by atomic mass is 9.85. The van der Waals surface area contributed by atoms with Crippen molar-refractivity contribution < 1.29 is 75.0 Å². The van der Waals surface area contributed by atoms with Crippen molar-refractivity contribution in [1.82, 2.24) is 26.6 Å². The van der Waals surface area contributed by atoms with E-state index in [1.165, 1.54) is 45.9 Å². The Balaban J connectivity index is 0.000000527. The summed E-state index contributed by atoms with van der Waals surface area (Å²) in [4.78, 5) is 110. The average molecular weight is 1960 g/mol. The lowest BCUT2D eigenvalue weighted by molar-refractivity contribution is -0.122. The molecule has 12 rings (SSSR count). The monoisotopic (exact) mass is 1960 g/mol. The van der Waals surface area contributed by atoms with Crippen molar-refractivity contribution in [2.75, 3.05) is 110 Å². The van der Waals surface area contributed by atoms with Gasteiger partial charge in [0.25, 0.3) is 5.91 Å². The maximum absolute atomic E-state index is 12.5. The number of anilines is 7. The number of carbonyl (C=O) groups is 10. The first-order valence-electron chi connectivity index (χ1n) is 45.4. The molecule has 0 aliphatic heterocycles. The van der Waals surface area contributed by atoms with Gasteiger partial charge in [-0.05, 0) is 265 Å². The zero-order valence-electron chi connectivity index (χ0n) is 83.4. The first kappa shape index (κ1) is 121. The number of sulfonamides is 1. The summed E-state index contributed by atoms with van der Waals surface area (Å²) in [6.45, 7) is 23.9. The molecule has 0 bridgehead atoms. The number of amides is 11. The van der Waals surface area contributed by atoms with Gasteiger partial charge in [0.2, 0.25) is 40.1 Å². The number of esters is 1. The fourth-order valence-corrected chi connectivity index (χ4v) is 12.3. The maximum atomic E-state index is 12.5. The van der Waals surface area contributed by atoms with E-state index in [4.69, 9.17) is 21.1 Å². The topological polar surface area (TPSA) is 377 Å². The lowest BCUT2D eigenvalue weighted by Gasteiger charge is -2.24. The van der Waals surface area contributed by atoms with E-state index in [2.05, 4.69) is 139 Å². The number of nitrogens with one attached hydrogen (secondary N) is 12. The van der Waals surface area contributed by atoms with Gasteiger partial charge in [-0.25, -0.2) is 32.0 Å². The summed E-state index contributed by atoms with van der Waals surface area (Å²) in [5, 5.41) is 29.1. The Morgan fingerprint density at radius 2 is 0.837 bits per heavy atom. The molecule has 0 atom stereocenters. The molecule has 27 nitrogen and oxygen atoms in total. The van der Waals surface area contributed by atoms with E-state index in [1.54, 1.807) is 92.0 Å². The van der Waals surface area contributed by atoms with Gasteiger partial charge in [0, 0.05) is 144 Å². The molecule has 0 saturated heterocycles. The number of halogens is 2. The molecule has 9 aromatic rings. The molecule has 0 unspecified atom stereocenters. The number of ether oxygens (including phenoxy) is 3. The van der Waals surface area contributed by atoms with Crippen molar-refractivity contribution in [3.63, 3.8) is 0 Å². The van der Waals surface area contributed by atoms with Gasteiger partial charge in [-0.15, -0.1) is 47.1 Å². The fourth-order valence-electron chi connectivity index (χ4n) is 11.1. The maximum Gasteiger partial charge on any atom is 0.406 e. The standard InChI is InChI=1S/C14H15NO.C13H13NO.C12H13ClN2O.C12H14N2O.C12H13NO2.C10H15NO2S.C10H9NO.C9H10O2.C8H8FNO.C6H13NO2.C5H9NO/c1-2-5-11-6-3-9-13(10-11)15-14(16)12-7-4-8-12;1-2-4-10-5-3-6-12(9-10)14-13(15)11-7-8-11;1-2-4-10-5-3-6-11(9-10)15-12(16)14-8-7-13;1-3-6-10-7-5-8-11(9-10)14-12(15)13-4-2;1-3-5-10-6-4-7-11(8-10)13-12(14)9-15-2;1-3-8-14(12,13)11-10-6-4-9(2)5-7-10;1-2-4-9-5-3-6-10(7-9)11-8-12;1-7-3-5-8(6-4-7)9(10)11-2;1-10-8(11)6-3-2-4-7(9)5-6;1-5(2)4-9-6(8)7-3;1-6-5(7)4-2-3-4/h3,6,9-10,12H,4,7-8H2,1H3,(H,15,16);3,5-6,9,11H,7-8H2,1H3,(H,14,15);3,5-6,9H,7-8H2,1H3,(H2,14,15,16);5,7-9H,4H2,1-2H3,(H2,13,14,15);4,6-8H,9H2,1-2H3,(H,13,14);4-7,11H,3,8H2,1-2H3;3,5-8H,1H3,(H,11,12);3-6H,1-2H3;2-5H,1H3,(H,10,11);5H,4H2,1-3H3,(H,7,8);4H,2-3H2,1H3,(H,6,7). The van der Waals surface area contributed by atoms with E-state index in [-0.39, 0.29) is 77.9 Å². The van der Waals surface area contributed by atoms with Crippen LogP contribution in [-0.4, -0.2) is 142 Å². The van der Waals surface area contributed by atoms with Crippen molar-refractivity contribution in [3.8, 4) is 71.0 Å². The van der Waals surface area contributed by atoms with Crippen LogP contribution >= 0.6 is 11.6 Å². The van der Waals surface area contributed by atoms with Crippen LogP contribution < -0.4 is 63.2 Å². The van der Waals surface area contributed by atoms with E-state index < -0.39 is 15.8 Å². The molecule has 0 aromatic heterocycles. The third kappa shape index (κ3) is 57.9. The Morgan fingerprint density at radius 3 is 1.17 bits per heavy atom. The number of hydrogen-bond acceptors (Lipinski definition) is 15. The molecule has 141 heavy (non-hydrogen) atoms. The van der Waals surface area contributed by atoms with E-state index in [0.29, 0.717) is 72.7 Å². The van der Waals surface area contributed by atoms with Crippen LogP contribution in [0.15, 0.2) is 218 Å². The summed E-state index contributed by atoms with van der Waals surface area (Å²) in [6, 6.07) is 64.5. The van der Waals surface area contributed by atoms with Crippen LogP contribution in [0, 0.1) is 114 Å². The number of rotatable bonds is 23. The quantitative estimate of drug-likeness (QED) is 0.0123. The summed E-state index contributed by atoms with van der Waals surface area (Å²) in [5.74, 6) is 35.7. The number of carbonyl (C=O) groups excluding carboxylic acids is 10. The molecule has 3 aliphatic rings. The van der Waals surface area contributed by atoms with Crippen LogP contribution in [0.3, 0.4) is 0 Å². The summed E-state index contributed by atoms with van der Waals surface area (Å²) >= 11 is 5.45. The van der Waals surface area contributed by atoms with E-state index in [9.17, 15) is 60.8 Å². The zero-order chi connectivity index (χ0) is 105. The van der Waals surface area contributed by atoms with Crippen molar-refractivity contribution in [2.24, 2.45) is 23.7 Å². The van der Waals surface area contributed by atoms with Crippen LogP contribution in [-0.2, 0) is 48.2 Å². The third-order valence-electron chi connectivity index (χ3n) is 18.3. The SMILES string of the molecule is CC#Cc1cccc(NC(=O)C2CC2)c1.CC#Cc1cccc(NC(=O)C2CCC2)c1.CC#Cc1cccc(NC(=O)COC)c1.CC#Cc1cccc(NC(=O)NCC)c1.CC#Cc1cccc(NC(=O)NCCCl)c1.CC#Cc1cccc(NC=O)c1.CCCS(=O)(=O)Nc1ccc(C)cc1.CNC(=O)C1CC1.CNC(=O)OCC(C)C.CNC(=O)c1cccc(F)c1.COC(=O)c1ccc(C)cc1. The fraction of sp³-hybridized carbons (Fsp3) is 0.315. The number of alkyl carbamates (subject to hydrolysis) is 1. The van der Waals surface area contributed by atoms with Crippen LogP contribution in [0.25, 0.3) is 0 Å². The second-order valence-electron chi connectivity index (χ2n) is 30.8. The minimum Gasteiger partial charge on any atom is -0.465 e. The molecule has 3 aliphatic carbocycles. The molecule has 9 aromatic carbocycles. The van der Waals surface area contributed by atoms with Gasteiger partial charge in [0.1, 0.15) is 12.4 Å². The molecule has 0 heterocycles. The first-order chi connectivity index (χ1) is 67.7. The highest BCUT2D eigenvalue weighted by Crippen LogP contribution is 2.31. The Labute approximate surface area is 837 Å². The van der Waals surface area contributed by atoms with E-state index in [0.717, 1.165) is 111 Å². The summed E-state index contributed by atoms with van der Waals surface area (Å²) in [5.41, 5.74) is 13.9. The number of urea groups is 2. The van der Waals surface area contributed by atoms with Gasteiger partial charge in [0.15, 0.2) is 0 Å². The number of alkyl halides is 1. The van der Waals surface area contributed by atoms with Gasteiger partial charge in [-0.1, -0.05) is 141 Å². The van der Waals surface area contributed by atoms with Gasteiger partial charge in [0.05, 0.1) is 25.0 Å². The minimum atomic E-state index is -3.15. The summed E-state index contributed by atoms with van der Waals surface area (Å²) in [7, 11) is 4.45. The number of benzene rings is 9. The van der Waals surface area contributed by atoms with E-state index in [1.807, 2.05) is 205 Å². The van der Waals surface area contributed by atoms with Crippen LogP contribution in [0.5, 0.6) is 0 Å². The molecule has 0 spiro atoms. The average Bonchev–Trinajstić information content (AvgIpc) is 1.69. The Bertz CT molecular complexity index is 5900. The predicted molar refractivity (Wildman–Crippen MR) is 565 cm³/mol. The second-order valence-corrected chi connectivity index (χ2v) is 33.0. The van der Waals surface area contributed by atoms with Gasteiger partial charge in [-0.3, -0.25) is 33.5 Å². The molecular weight excluding hydrogens is 1830 g/mol. The second kappa shape index (κ2) is 72.7. The molecule has 3 saturated carbocycles. The lowest BCUT2D eigenvalue weighted by Crippen LogP contribution is -2.30. The highest BCUT2D eigenvalue weighted by atomic mass is 35.5. The highest BCUT2D eigenvalue weighted by Gasteiger charge is 2.30. The molecule has 3 fully saturated rings. The smallest absolute Gasteiger partial charge is 0.406 e. The van der Waals surface area contributed by atoms with Crippen LogP contribution in [0.2, 0.25) is 0 Å². The van der Waals surface area contributed by atoms with Crippen LogP contribution in [0.4, 0.5) is 58.6 Å². The number of aryl methyl sites for hydroxylation is 2. The van der Waals surface area contributed by atoms with Gasteiger partial charge in [-0.2, -0.15) is 0 Å². The molecule has 746 valence electrons. The molecule has 11 amide bonds. The Hall–Kier alpha value is -15.6. The predicted octanol–water partition coefficient (Wildman–Crippen LogP) is 19.3. The molecular formula is C111H132ClFN12O15S.